The summed E-state index contributed by atoms with van der Waals surface area (Å²) in [5, 5.41) is 11.2. The third kappa shape index (κ3) is 3.69. The molecule has 0 radical (unpaired) electrons. The normalized spacial score (nSPS) is 17.6. The smallest absolute Gasteiger partial charge is 0.300 e. The minimum absolute atomic E-state index is 0.0364. The van der Waals surface area contributed by atoms with Gasteiger partial charge in [-0.25, -0.2) is 4.39 Å². The summed E-state index contributed by atoms with van der Waals surface area (Å²) in [6.45, 7) is 1.87. The maximum Gasteiger partial charge on any atom is 0.300 e. The Balaban J connectivity index is 1.96. The van der Waals surface area contributed by atoms with Crippen LogP contribution in [0.15, 0.2) is 76.8 Å². The Morgan fingerprint density at radius 2 is 1.75 bits per heavy atom. The van der Waals surface area contributed by atoms with Gasteiger partial charge in [0.05, 0.1) is 23.2 Å². The van der Waals surface area contributed by atoms with Crippen molar-refractivity contribution in [2.24, 2.45) is 0 Å². The second kappa shape index (κ2) is 8.59. The number of anilines is 1. The first-order valence-corrected chi connectivity index (χ1v) is 10.6. The first kappa shape index (κ1) is 21.8. The molecule has 1 aliphatic heterocycles. The molecule has 1 amide bonds. The Morgan fingerprint density at radius 3 is 2.38 bits per heavy atom. The number of amides is 1. The fraction of sp³-hybridized carbons (Fsp3) is 0.120. The second-order valence-corrected chi connectivity index (χ2v) is 8.21. The van der Waals surface area contributed by atoms with Crippen molar-refractivity contribution in [2.75, 3.05) is 12.0 Å². The monoisotopic (exact) mass is 495 g/mol. The fourth-order valence-electron chi connectivity index (χ4n) is 3.86. The lowest BCUT2D eigenvalue weighted by atomic mass is 9.92. The molecule has 0 saturated carbocycles. The van der Waals surface area contributed by atoms with Crippen LogP contribution in [0.5, 0.6) is 5.75 Å². The van der Waals surface area contributed by atoms with E-state index in [4.69, 9.17) is 4.74 Å². The number of benzene rings is 3. The Labute approximate surface area is 192 Å². The molecule has 32 heavy (non-hydrogen) atoms. The van der Waals surface area contributed by atoms with Crippen LogP contribution in [0.2, 0.25) is 0 Å². The minimum Gasteiger partial charge on any atom is -0.507 e. The summed E-state index contributed by atoms with van der Waals surface area (Å²) in [5.41, 5.74) is 2.20. The number of aliphatic hydroxyl groups is 1. The number of carbonyl (C=O) groups excluding carboxylic acids is 2. The molecular weight excluding hydrogens is 477 g/mol. The third-order valence-corrected chi connectivity index (χ3v) is 6.08. The van der Waals surface area contributed by atoms with Gasteiger partial charge in [0.15, 0.2) is 0 Å². The second-order valence-electron chi connectivity index (χ2n) is 7.35. The van der Waals surface area contributed by atoms with Gasteiger partial charge in [-0.2, -0.15) is 0 Å². The van der Waals surface area contributed by atoms with Crippen molar-refractivity contribution in [3.63, 3.8) is 0 Å². The number of aliphatic hydroxyl groups excluding tert-OH is 1. The molecule has 1 fully saturated rings. The van der Waals surface area contributed by atoms with Crippen LogP contribution in [0.25, 0.3) is 5.76 Å². The summed E-state index contributed by atoms with van der Waals surface area (Å²) >= 11 is 3.38. The van der Waals surface area contributed by atoms with E-state index in [2.05, 4.69) is 15.9 Å². The lowest BCUT2D eigenvalue weighted by Crippen LogP contribution is -2.29. The molecule has 1 heterocycles. The van der Waals surface area contributed by atoms with E-state index in [0.717, 1.165) is 5.56 Å². The first-order chi connectivity index (χ1) is 15.3. The summed E-state index contributed by atoms with van der Waals surface area (Å²) in [5.74, 6) is -1.81. The Hall–Kier alpha value is -3.45. The van der Waals surface area contributed by atoms with Crippen molar-refractivity contribution in [3.05, 3.63) is 99.3 Å². The minimum atomic E-state index is -0.873. The molecule has 1 atom stereocenters. The van der Waals surface area contributed by atoms with Gasteiger partial charge in [0, 0.05) is 11.3 Å². The summed E-state index contributed by atoms with van der Waals surface area (Å²) in [7, 11) is 1.52. The van der Waals surface area contributed by atoms with Crippen LogP contribution in [-0.4, -0.2) is 23.9 Å². The summed E-state index contributed by atoms with van der Waals surface area (Å²) in [6, 6.07) is 16.7. The van der Waals surface area contributed by atoms with Gasteiger partial charge in [-0.1, -0.05) is 24.3 Å². The Kier molecular flexibility index (Phi) is 5.84. The van der Waals surface area contributed by atoms with Crippen LogP contribution in [0.4, 0.5) is 10.1 Å². The van der Waals surface area contributed by atoms with E-state index in [9.17, 15) is 19.1 Å². The maximum atomic E-state index is 13.5. The number of halogens is 2. The molecule has 1 unspecified atom stereocenters. The van der Waals surface area contributed by atoms with E-state index < -0.39 is 23.5 Å². The number of hydrogen-bond donors (Lipinski definition) is 1. The number of methoxy groups -OCH3 is 1. The van der Waals surface area contributed by atoms with E-state index in [1.54, 1.807) is 30.3 Å². The average Bonchev–Trinajstić information content (AvgIpc) is 3.04. The zero-order valence-electron chi connectivity index (χ0n) is 17.3. The predicted molar refractivity (Wildman–Crippen MR) is 123 cm³/mol. The predicted octanol–water partition coefficient (Wildman–Crippen LogP) is 5.53. The molecule has 0 bridgehead atoms. The molecule has 1 aliphatic rings. The summed E-state index contributed by atoms with van der Waals surface area (Å²) in [4.78, 5) is 27.6. The molecule has 0 aromatic heterocycles. The summed E-state index contributed by atoms with van der Waals surface area (Å²) < 4.78 is 19.3. The molecule has 7 heteroatoms. The molecule has 0 spiro atoms. The molecule has 1 saturated heterocycles. The number of nitrogens with zero attached hydrogens (tertiary/aromatic N) is 1. The lowest BCUT2D eigenvalue weighted by molar-refractivity contribution is -0.132. The molecule has 3 aromatic carbocycles. The molecule has 162 valence electrons. The van der Waals surface area contributed by atoms with Gasteiger partial charge < -0.3 is 9.84 Å². The van der Waals surface area contributed by atoms with E-state index >= 15 is 0 Å². The number of ether oxygens (including phenoxy) is 1. The largest absolute Gasteiger partial charge is 0.507 e. The summed E-state index contributed by atoms with van der Waals surface area (Å²) in [6.07, 6.45) is 0. The van der Waals surface area contributed by atoms with Gasteiger partial charge in [0.1, 0.15) is 17.3 Å². The molecule has 4 rings (SSSR count). The van der Waals surface area contributed by atoms with Crippen molar-refractivity contribution in [1.82, 2.24) is 0 Å². The van der Waals surface area contributed by atoms with Gasteiger partial charge >= 0.3 is 0 Å². The number of aryl methyl sites for hydroxylation is 1. The quantitative estimate of drug-likeness (QED) is 0.293. The van der Waals surface area contributed by atoms with Crippen LogP contribution < -0.4 is 9.64 Å². The SMILES string of the molecule is COc1ccc(/C(O)=C2\C(=O)C(=O)N(c3ccc(F)cc3)C2c2ccccc2C)cc1Br. The van der Waals surface area contributed by atoms with Gasteiger partial charge in [-0.05, 0) is 76.4 Å². The van der Waals surface area contributed by atoms with E-state index in [-0.39, 0.29) is 11.3 Å². The van der Waals surface area contributed by atoms with Gasteiger partial charge in [0.2, 0.25) is 0 Å². The van der Waals surface area contributed by atoms with E-state index in [1.807, 2.05) is 19.1 Å². The Bertz CT molecular complexity index is 1250. The number of Topliss-reactive ketones (excluding diaryl/α,β-unsaturated/α-hetero) is 1. The maximum absolute atomic E-state index is 13.5. The van der Waals surface area contributed by atoms with Gasteiger partial charge in [0.25, 0.3) is 11.7 Å². The fourth-order valence-corrected chi connectivity index (χ4v) is 4.40. The van der Waals surface area contributed by atoms with Crippen molar-refractivity contribution < 1.29 is 23.8 Å². The lowest BCUT2D eigenvalue weighted by Gasteiger charge is -2.26. The molecule has 5 nitrogen and oxygen atoms in total. The van der Waals surface area contributed by atoms with E-state index in [1.165, 1.54) is 36.3 Å². The number of hydrogen-bond acceptors (Lipinski definition) is 4. The standard InChI is InChI=1S/C25H19BrFNO4/c1-14-5-3-4-6-18(14)22-21(23(29)15-7-12-20(32-2)19(26)13-15)24(30)25(31)28(22)17-10-8-16(27)9-11-17/h3-13,22,29H,1-2H3/b23-21+. The zero-order chi connectivity index (χ0) is 23.0. The Morgan fingerprint density at radius 1 is 1.06 bits per heavy atom. The highest BCUT2D eigenvalue weighted by molar-refractivity contribution is 9.10. The van der Waals surface area contributed by atoms with Crippen LogP contribution in [0.3, 0.4) is 0 Å². The topological polar surface area (TPSA) is 66.8 Å². The highest BCUT2D eigenvalue weighted by Crippen LogP contribution is 2.43. The van der Waals surface area contributed by atoms with Crippen molar-refractivity contribution in [3.8, 4) is 5.75 Å². The van der Waals surface area contributed by atoms with Crippen molar-refractivity contribution in [1.29, 1.82) is 0 Å². The van der Waals surface area contributed by atoms with Crippen LogP contribution in [0, 0.1) is 12.7 Å². The highest BCUT2D eigenvalue weighted by atomic mass is 79.9. The van der Waals surface area contributed by atoms with Gasteiger partial charge in [-0.15, -0.1) is 0 Å². The highest BCUT2D eigenvalue weighted by Gasteiger charge is 2.47. The number of rotatable bonds is 4. The third-order valence-electron chi connectivity index (χ3n) is 5.46. The molecule has 3 aromatic rings. The zero-order valence-corrected chi connectivity index (χ0v) is 18.9. The average molecular weight is 496 g/mol. The number of ketones is 1. The molecular formula is C25H19BrFNO4. The molecule has 0 aliphatic carbocycles. The first-order valence-electron chi connectivity index (χ1n) is 9.79. The van der Waals surface area contributed by atoms with Crippen LogP contribution in [-0.2, 0) is 9.59 Å². The van der Waals surface area contributed by atoms with Crippen LogP contribution in [0.1, 0.15) is 22.7 Å². The number of carbonyl (C=O) groups is 2. The van der Waals surface area contributed by atoms with Gasteiger partial charge in [-0.3, -0.25) is 14.5 Å². The van der Waals surface area contributed by atoms with Crippen molar-refractivity contribution in [2.45, 2.75) is 13.0 Å². The molecule has 1 N–H and O–H groups in total. The van der Waals surface area contributed by atoms with E-state index in [0.29, 0.717) is 27.0 Å². The van der Waals surface area contributed by atoms with Crippen molar-refractivity contribution >= 4 is 39.1 Å². The van der Waals surface area contributed by atoms with Crippen LogP contribution >= 0.6 is 15.9 Å².